The molecule has 5 heteroatoms. The minimum atomic E-state index is -3.46. The highest BCUT2D eigenvalue weighted by atomic mass is 32.2. The number of aliphatic hydroxyl groups is 1. The van der Waals surface area contributed by atoms with Crippen molar-refractivity contribution < 1.29 is 13.5 Å². The second kappa shape index (κ2) is 6.90. The second-order valence-corrected chi connectivity index (χ2v) is 7.64. The zero-order valence-corrected chi connectivity index (χ0v) is 13.7. The summed E-state index contributed by atoms with van der Waals surface area (Å²) >= 11 is 0. The lowest BCUT2D eigenvalue weighted by Gasteiger charge is -2.32. The van der Waals surface area contributed by atoms with E-state index in [1.807, 2.05) is 13.0 Å². The van der Waals surface area contributed by atoms with Crippen LogP contribution in [0.25, 0.3) is 0 Å². The minimum Gasteiger partial charge on any atom is -0.392 e. The molecule has 1 aromatic carbocycles. The van der Waals surface area contributed by atoms with Gasteiger partial charge in [0.25, 0.3) is 0 Å². The van der Waals surface area contributed by atoms with Crippen LogP contribution in [0.3, 0.4) is 0 Å². The number of aryl methyl sites for hydroxylation is 1. The Balaban J connectivity index is 2.38. The Kier molecular flexibility index (Phi) is 5.41. The lowest BCUT2D eigenvalue weighted by Crippen LogP contribution is -2.40. The summed E-state index contributed by atoms with van der Waals surface area (Å²) < 4.78 is 27.5. The first-order chi connectivity index (χ1) is 10.0. The molecule has 2 rings (SSSR count). The average Bonchev–Trinajstić information content (AvgIpc) is 2.54. The Bertz CT molecular complexity index is 583. The van der Waals surface area contributed by atoms with E-state index in [0.29, 0.717) is 35.9 Å². The molecule has 0 radical (unpaired) electrons. The summed E-state index contributed by atoms with van der Waals surface area (Å²) in [6, 6.07) is 5.24. The summed E-state index contributed by atoms with van der Waals surface area (Å²) in [7, 11) is -3.46. The van der Waals surface area contributed by atoms with Gasteiger partial charge in [-0.05, 0) is 42.4 Å². The maximum Gasteiger partial charge on any atom is 0.243 e. The Hall–Kier alpha value is -0.910. The van der Waals surface area contributed by atoms with E-state index in [1.165, 1.54) is 0 Å². The minimum absolute atomic E-state index is 0.135. The molecule has 1 aromatic rings. The third-order valence-corrected chi connectivity index (χ3v) is 6.32. The van der Waals surface area contributed by atoms with Gasteiger partial charge in [0, 0.05) is 13.1 Å². The van der Waals surface area contributed by atoms with E-state index in [2.05, 4.69) is 6.92 Å². The monoisotopic (exact) mass is 311 g/mol. The molecule has 0 aromatic heterocycles. The maximum atomic E-state index is 12.9. The number of hydrogen-bond donors (Lipinski definition) is 1. The average molecular weight is 311 g/mol. The standard InChI is InChI=1S/C16H25NO3S/c1-3-13-6-5-9-17(11-13)21(19,20)16-10-14(12-18)7-8-15(16)4-2/h7-8,10,13,18H,3-6,9,11-12H2,1-2H3. The molecule has 1 unspecified atom stereocenters. The normalized spacial score (nSPS) is 20.6. The van der Waals surface area contributed by atoms with Crippen molar-refractivity contribution in [3.05, 3.63) is 29.3 Å². The van der Waals surface area contributed by atoms with Crippen LogP contribution < -0.4 is 0 Å². The van der Waals surface area contributed by atoms with E-state index in [9.17, 15) is 13.5 Å². The van der Waals surface area contributed by atoms with Crippen LogP contribution in [0, 0.1) is 5.92 Å². The third-order valence-electron chi connectivity index (χ3n) is 4.37. The molecular weight excluding hydrogens is 286 g/mol. The smallest absolute Gasteiger partial charge is 0.243 e. The quantitative estimate of drug-likeness (QED) is 0.909. The van der Waals surface area contributed by atoms with E-state index in [1.54, 1.807) is 16.4 Å². The van der Waals surface area contributed by atoms with Gasteiger partial charge in [-0.2, -0.15) is 4.31 Å². The summed E-state index contributed by atoms with van der Waals surface area (Å²) in [5.74, 6) is 0.458. The summed E-state index contributed by atoms with van der Waals surface area (Å²) in [5.41, 5.74) is 1.47. The molecule has 0 amide bonds. The van der Waals surface area contributed by atoms with Crippen molar-refractivity contribution >= 4 is 10.0 Å². The largest absolute Gasteiger partial charge is 0.392 e. The van der Waals surface area contributed by atoms with Crippen molar-refractivity contribution in [3.63, 3.8) is 0 Å². The van der Waals surface area contributed by atoms with E-state index in [4.69, 9.17) is 0 Å². The molecule has 1 N–H and O–H groups in total. The number of piperidine rings is 1. The number of benzene rings is 1. The molecule has 0 bridgehead atoms. The highest BCUT2D eigenvalue weighted by Crippen LogP contribution is 2.28. The zero-order chi connectivity index (χ0) is 15.5. The number of rotatable bonds is 5. The fourth-order valence-corrected chi connectivity index (χ4v) is 4.85. The number of aliphatic hydroxyl groups excluding tert-OH is 1. The number of nitrogens with zero attached hydrogens (tertiary/aromatic N) is 1. The molecule has 1 atom stereocenters. The Morgan fingerprint density at radius 3 is 2.71 bits per heavy atom. The van der Waals surface area contributed by atoms with Gasteiger partial charge in [-0.3, -0.25) is 0 Å². The van der Waals surface area contributed by atoms with Gasteiger partial charge in [0.2, 0.25) is 10.0 Å². The predicted octanol–water partition coefficient (Wildman–Crippen LogP) is 2.55. The second-order valence-electron chi connectivity index (χ2n) is 5.73. The van der Waals surface area contributed by atoms with Crippen molar-refractivity contribution in [2.75, 3.05) is 13.1 Å². The highest BCUT2D eigenvalue weighted by molar-refractivity contribution is 7.89. The van der Waals surface area contributed by atoms with Crippen molar-refractivity contribution in [1.82, 2.24) is 4.31 Å². The van der Waals surface area contributed by atoms with Crippen LogP contribution >= 0.6 is 0 Å². The fraction of sp³-hybridized carbons (Fsp3) is 0.625. The molecule has 21 heavy (non-hydrogen) atoms. The van der Waals surface area contributed by atoms with Gasteiger partial charge in [-0.15, -0.1) is 0 Å². The van der Waals surface area contributed by atoms with E-state index < -0.39 is 10.0 Å². The molecule has 4 nitrogen and oxygen atoms in total. The topological polar surface area (TPSA) is 57.6 Å². The molecule has 1 heterocycles. The number of hydrogen-bond acceptors (Lipinski definition) is 3. The molecule has 0 spiro atoms. The lowest BCUT2D eigenvalue weighted by molar-refractivity contribution is 0.261. The first kappa shape index (κ1) is 16.5. The molecule has 118 valence electrons. The van der Waals surface area contributed by atoms with Crippen LogP contribution in [0.15, 0.2) is 23.1 Å². The number of sulfonamides is 1. The van der Waals surface area contributed by atoms with Gasteiger partial charge < -0.3 is 5.11 Å². The van der Waals surface area contributed by atoms with E-state index in [-0.39, 0.29) is 6.61 Å². The first-order valence-electron chi connectivity index (χ1n) is 7.75. The summed E-state index contributed by atoms with van der Waals surface area (Å²) in [6.07, 6.45) is 3.73. The van der Waals surface area contributed by atoms with Crippen molar-refractivity contribution in [1.29, 1.82) is 0 Å². The molecule has 1 fully saturated rings. The van der Waals surface area contributed by atoms with Crippen molar-refractivity contribution in [2.45, 2.75) is 51.0 Å². The van der Waals surface area contributed by atoms with Gasteiger partial charge in [0.05, 0.1) is 11.5 Å². The van der Waals surface area contributed by atoms with Gasteiger partial charge >= 0.3 is 0 Å². The van der Waals surface area contributed by atoms with Crippen LogP contribution in [0.1, 0.15) is 44.2 Å². The SMILES string of the molecule is CCc1ccc(CO)cc1S(=O)(=O)N1CCCC(CC)C1. The van der Waals surface area contributed by atoms with E-state index >= 15 is 0 Å². The van der Waals surface area contributed by atoms with Crippen molar-refractivity contribution in [3.8, 4) is 0 Å². The lowest BCUT2D eigenvalue weighted by atomic mass is 9.97. The molecule has 0 saturated carbocycles. The molecule has 1 saturated heterocycles. The molecular formula is C16H25NO3S. The van der Waals surface area contributed by atoms with E-state index in [0.717, 1.165) is 24.8 Å². The summed E-state index contributed by atoms with van der Waals surface area (Å²) in [5, 5.41) is 9.27. The van der Waals surface area contributed by atoms with Gasteiger partial charge in [-0.1, -0.05) is 32.4 Å². The van der Waals surface area contributed by atoms with Crippen LogP contribution in [0.2, 0.25) is 0 Å². The third kappa shape index (κ3) is 3.47. The van der Waals surface area contributed by atoms with Crippen molar-refractivity contribution in [2.24, 2.45) is 5.92 Å². The van der Waals surface area contributed by atoms with Crippen LogP contribution in [0.5, 0.6) is 0 Å². The highest BCUT2D eigenvalue weighted by Gasteiger charge is 2.31. The molecule has 1 aliphatic heterocycles. The van der Waals surface area contributed by atoms with Gasteiger partial charge in [0.1, 0.15) is 0 Å². The Morgan fingerprint density at radius 2 is 2.10 bits per heavy atom. The van der Waals surface area contributed by atoms with Crippen LogP contribution in [-0.4, -0.2) is 30.9 Å². The fourth-order valence-electron chi connectivity index (χ4n) is 2.95. The first-order valence-corrected chi connectivity index (χ1v) is 9.19. The van der Waals surface area contributed by atoms with Gasteiger partial charge in [0.15, 0.2) is 0 Å². The Labute approximate surface area is 127 Å². The summed E-state index contributed by atoms with van der Waals surface area (Å²) in [6.45, 7) is 5.16. The van der Waals surface area contributed by atoms with Crippen LogP contribution in [-0.2, 0) is 23.1 Å². The maximum absolute atomic E-state index is 12.9. The van der Waals surface area contributed by atoms with Crippen LogP contribution in [0.4, 0.5) is 0 Å². The predicted molar refractivity (Wildman–Crippen MR) is 83.5 cm³/mol. The summed E-state index contributed by atoms with van der Waals surface area (Å²) in [4.78, 5) is 0.369. The Morgan fingerprint density at radius 1 is 1.33 bits per heavy atom. The molecule has 0 aliphatic carbocycles. The zero-order valence-electron chi connectivity index (χ0n) is 12.9. The molecule has 1 aliphatic rings. The van der Waals surface area contributed by atoms with Gasteiger partial charge in [-0.25, -0.2) is 8.42 Å².